The largest absolute Gasteiger partial charge is 0.390 e. The lowest BCUT2D eigenvalue weighted by atomic mass is 10.5. The highest BCUT2D eigenvalue weighted by Gasteiger charge is 1.99. The third-order valence-electron chi connectivity index (χ3n) is 0.736. The number of rotatable bonds is 0. The molecule has 0 aromatic carbocycles. The van der Waals surface area contributed by atoms with Crippen molar-refractivity contribution in [2.24, 2.45) is 0 Å². The Morgan fingerprint density at radius 3 is 2.83 bits per heavy atom. The highest BCUT2D eigenvalue weighted by molar-refractivity contribution is 14.1. The molecule has 6 heavy (non-hydrogen) atoms. The Balaban J connectivity index is 2.38. The van der Waals surface area contributed by atoms with Crippen LogP contribution >= 0.6 is 22.6 Å². The predicted octanol–water partition coefficient (Wildman–Crippen LogP) is 0.907. The minimum atomic E-state index is 0.725. The Morgan fingerprint density at radius 1 is 1.83 bits per heavy atom. The molecule has 0 aromatic heterocycles. The average Bonchev–Trinajstić information content (AvgIpc) is 1.86. The summed E-state index contributed by atoms with van der Waals surface area (Å²) in [5, 5.41) is 3.08. The standard InChI is InChI=1S/C4H6IN/c5-4-1-2-6-3-4/h1-2,4,6H,3H2. The van der Waals surface area contributed by atoms with Gasteiger partial charge in [-0.2, -0.15) is 0 Å². The van der Waals surface area contributed by atoms with Crippen molar-refractivity contribution in [1.29, 1.82) is 0 Å². The van der Waals surface area contributed by atoms with Crippen LogP contribution in [0.1, 0.15) is 0 Å². The molecule has 1 aliphatic heterocycles. The molecule has 0 spiro atoms. The van der Waals surface area contributed by atoms with E-state index in [0.29, 0.717) is 0 Å². The van der Waals surface area contributed by atoms with Gasteiger partial charge in [-0.25, -0.2) is 0 Å². The van der Waals surface area contributed by atoms with Crippen LogP contribution in [0.5, 0.6) is 0 Å². The second-order valence-corrected chi connectivity index (χ2v) is 2.88. The summed E-state index contributed by atoms with van der Waals surface area (Å²) in [7, 11) is 0. The molecule has 34 valence electrons. The van der Waals surface area contributed by atoms with Crippen molar-refractivity contribution in [3.8, 4) is 0 Å². The maximum atomic E-state index is 3.08. The van der Waals surface area contributed by atoms with E-state index in [4.69, 9.17) is 0 Å². The molecule has 0 aromatic rings. The average molecular weight is 195 g/mol. The van der Waals surface area contributed by atoms with E-state index < -0.39 is 0 Å². The zero-order valence-electron chi connectivity index (χ0n) is 3.32. The monoisotopic (exact) mass is 195 g/mol. The first-order valence-electron chi connectivity index (χ1n) is 1.94. The van der Waals surface area contributed by atoms with Gasteiger partial charge < -0.3 is 5.32 Å². The van der Waals surface area contributed by atoms with Crippen LogP contribution in [-0.2, 0) is 0 Å². The van der Waals surface area contributed by atoms with Crippen molar-refractivity contribution in [2.75, 3.05) is 6.54 Å². The third kappa shape index (κ3) is 0.864. The minimum absolute atomic E-state index is 0.725. The minimum Gasteiger partial charge on any atom is -0.390 e. The zero-order chi connectivity index (χ0) is 4.41. The highest BCUT2D eigenvalue weighted by Crippen LogP contribution is 2.03. The highest BCUT2D eigenvalue weighted by atomic mass is 127. The molecule has 0 amide bonds. The van der Waals surface area contributed by atoms with Gasteiger partial charge in [0.1, 0.15) is 0 Å². The molecule has 1 heterocycles. The van der Waals surface area contributed by atoms with Crippen LogP contribution in [0.4, 0.5) is 0 Å². The van der Waals surface area contributed by atoms with Gasteiger partial charge in [0.05, 0.1) is 0 Å². The molecule has 0 saturated heterocycles. The Hall–Kier alpha value is 0.270. The fourth-order valence-corrected chi connectivity index (χ4v) is 0.883. The molecule has 1 rings (SSSR count). The SMILES string of the molecule is IC1C=CNC1. The molecule has 2 heteroatoms. The maximum Gasteiger partial charge on any atom is 0.0479 e. The quantitative estimate of drug-likeness (QED) is 0.447. The van der Waals surface area contributed by atoms with E-state index in [9.17, 15) is 0 Å². The van der Waals surface area contributed by atoms with Crippen LogP contribution in [0, 0.1) is 0 Å². The van der Waals surface area contributed by atoms with Crippen molar-refractivity contribution < 1.29 is 0 Å². The summed E-state index contributed by atoms with van der Waals surface area (Å²) in [6, 6.07) is 0. The van der Waals surface area contributed by atoms with Gasteiger partial charge in [-0.3, -0.25) is 0 Å². The number of hydrogen-bond acceptors (Lipinski definition) is 1. The molecule has 1 nitrogen and oxygen atoms in total. The van der Waals surface area contributed by atoms with Gasteiger partial charge in [-0.1, -0.05) is 28.7 Å². The van der Waals surface area contributed by atoms with Crippen molar-refractivity contribution >= 4 is 22.6 Å². The Bertz CT molecular complexity index is 69.9. The van der Waals surface area contributed by atoms with E-state index in [1.165, 1.54) is 0 Å². The van der Waals surface area contributed by atoms with Crippen molar-refractivity contribution in [1.82, 2.24) is 5.32 Å². The lowest BCUT2D eigenvalue weighted by Crippen LogP contribution is -2.06. The smallest absolute Gasteiger partial charge is 0.0479 e. The van der Waals surface area contributed by atoms with Gasteiger partial charge in [-0.15, -0.1) is 0 Å². The van der Waals surface area contributed by atoms with Crippen molar-refractivity contribution in [2.45, 2.75) is 3.92 Å². The second kappa shape index (κ2) is 1.82. The first-order chi connectivity index (χ1) is 2.89. The first-order valence-corrected chi connectivity index (χ1v) is 3.18. The molecule has 0 fully saturated rings. The van der Waals surface area contributed by atoms with E-state index in [0.717, 1.165) is 10.5 Å². The maximum absolute atomic E-state index is 3.08. The molecule has 1 atom stereocenters. The third-order valence-corrected chi connectivity index (χ3v) is 1.59. The molecule has 0 radical (unpaired) electrons. The second-order valence-electron chi connectivity index (χ2n) is 1.28. The van der Waals surface area contributed by atoms with Gasteiger partial charge >= 0.3 is 0 Å². The van der Waals surface area contributed by atoms with E-state index in [2.05, 4.69) is 34.0 Å². The fraction of sp³-hybridized carbons (Fsp3) is 0.500. The number of halogens is 1. The molecule has 0 aliphatic carbocycles. The molecular weight excluding hydrogens is 189 g/mol. The summed E-state index contributed by atoms with van der Waals surface area (Å²) in [4.78, 5) is 0. The summed E-state index contributed by atoms with van der Waals surface area (Å²) in [5.74, 6) is 0. The van der Waals surface area contributed by atoms with Crippen molar-refractivity contribution in [3.63, 3.8) is 0 Å². The molecule has 0 saturated carbocycles. The lowest BCUT2D eigenvalue weighted by molar-refractivity contribution is 0.943. The van der Waals surface area contributed by atoms with Crippen LogP contribution in [-0.4, -0.2) is 10.5 Å². The molecular formula is C4H6IN. The van der Waals surface area contributed by atoms with Gasteiger partial charge in [-0.05, 0) is 6.20 Å². The normalized spacial score (nSPS) is 30.5. The van der Waals surface area contributed by atoms with Gasteiger partial charge in [0.2, 0.25) is 0 Å². The van der Waals surface area contributed by atoms with Crippen molar-refractivity contribution in [3.05, 3.63) is 12.3 Å². The summed E-state index contributed by atoms with van der Waals surface area (Å²) < 4.78 is 0.725. The summed E-state index contributed by atoms with van der Waals surface area (Å²) in [6.07, 6.45) is 4.15. The molecule has 1 unspecified atom stereocenters. The number of nitrogens with one attached hydrogen (secondary N) is 1. The number of hydrogen-bond donors (Lipinski definition) is 1. The van der Waals surface area contributed by atoms with Gasteiger partial charge in [0, 0.05) is 10.5 Å². The van der Waals surface area contributed by atoms with E-state index in [-0.39, 0.29) is 0 Å². The Labute approximate surface area is 51.0 Å². The summed E-state index contributed by atoms with van der Waals surface area (Å²) in [6.45, 7) is 1.11. The van der Waals surface area contributed by atoms with E-state index >= 15 is 0 Å². The first kappa shape index (κ1) is 4.43. The summed E-state index contributed by atoms with van der Waals surface area (Å²) in [5.41, 5.74) is 0. The Morgan fingerprint density at radius 2 is 2.67 bits per heavy atom. The number of alkyl halides is 1. The predicted molar refractivity (Wildman–Crippen MR) is 35.0 cm³/mol. The van der Waals surface area contributed by atoms with Crippen LogP contribution in [0.3, 0.4) is 0 Å². The fourth-order valence-electron chi connectivity index (χ4n) is 0.421. The molecule has 1 N–H and O–H groups in total. The van der Waals surface area contributed by atoms with E-state index in [1.54, 1.807) is 0 Å². The van der Waals surface area contributed by atoms with Crippen LogP contribution in [0.2, 0.25) is 0 Å². The molecule has 1 aliphatic rings. The zero-order valence-corrected chi connectivity index (χ0v) is 5.47. The van der Waals surface area contributed by atoms with Crippen LogP contribution in [0.15, 0.2) is 12.3 Å². The van der Waals surface area contributed by atoms with Crippen LogP contribution in [0.25, 0.3) is 0 Å². The van der Waals surface area contributed by atoms with Gasteiger partial charge in [0.25, 0.3) is 0 Å². The van der Waals surface area contributed by atoms with E-state index in [1.807, 2.05) is 6.20 Å². The summed E-state index contributed by atoms with van der Waals surface area (Å²) >= 11 is 2.38. The van der Waals surface area contributed by atoms with Gasteiger partial charge in [0.15, 0.2) is 0 Å². The molecule has 0 bridgehead atoms. The Kier molecular flexibility index (Phi) is 1.34. The topological polar surface area (TPSA) is 12.0 Å². The lowest BCUT2D eigenvalue weighted by Gasteiger charge is -1.89. The van der Waals surface area contributed by atoms with Crippen LogP contribution < -0.4 is 5.32 Å².